The van der Waals surface area contributed by atoms with Gasteiger partial charge < -0.3 is 5.11 Å². The second-order valence-electron chi connectivity index (χ2n) is 7.10. The van der Waals surface area contributed by atoms with Crippen molar-refractivity contribution in [1.82, 2.24) is 4.31 Å². The molecule has 140 valence electrons. The fourth-order valence-corrected chi connectivity index (χ4v) is 5.66. The molecule has 2 aromatic carbocycles. The SMILES string of the molecule is CCCC[C@H]1C[C@@H](O)[C@@H](c2ccccc2)N1S(=O)(=O)c1ccc(C)cc1. The minimum absolute atomic E-state index is 0.179. The molecule has 5 heteroatoms. The Hall–Kier alpha value is -1.69. The van der Waals surface area contributed by atoms with E-state index >= 15 is 0 Å². The third-order valence-electron chi connectivity index (χ3n) is 5.14. The number of rotatable bonds is 6. The Bertz CT molecular complexity index is 818. The van der Waals surface area contributed by atoms with Crippen LogP contribution in [0.5, 0.6) is 0 Å². The molecule has 0 unspecified atom stereocenters. The van der Waals surface area contributed by atoms with E-state index < -0.39 is 22.2 Å². The fourth-order valence-electron chi connectivity index (χ4n) is 3.79. The molecule has 26 heavy (non-hydrogen) atoms. The summed E-state index contributed by atoms with van der Waals surface area (Å²) in [5.74, 6) is 0. The minimum atomic E-state index is -3.69. The van der Waals surface area contributed by atoms with Crippen LogP contribution in [0.3, 0.4) is 0 Å². The molecule has 0 aliphatic carbocycles. The van der Waals surface area contributed by atoms with E-state index in [1.54, 1.807) is 16.4 Å². The lowest BCUT2D eigenvalue weighted by Crippen LogP contribution is -2.38. The molecule has 0 saturated carbocycles. The molecular weight excluding hydrogens is 346 g/mol. The number of unbranched alkanes of at least 4 members (excludes halogenated alkanes) is 1. The van der Waals surface area contributed by atoms with Gasteiger partial charge in [-0.05, 0) is 37.5 Å². The molecule has 1 fully saturated rings. The lowest BCUT2D eigenvalue weighted by molar-refractivity contribution is 0.142. The first-order valence-electron chi connectivity index (χ1n) is 9.28. The van der Waals surface area contributed by atoms with E-state index in [9.17, 15) is 13.5 Å². The van der Waals surface area contributed by atoms with Crippen molar-refractivity contribution in [3.63, 3.8) is 0 Å². The van der Waals surface area contributed by atoms with Crippen molar-refractivity contribution < 1.29 is 13.5 Å². The summed E-state index contributed by atoms with van der Waals surface area (Å²) in [6.45, 7) is 4.03. The highest BCUT2D eigenvalue weighted by molar-refractivity contribution is 7.89. The van der Waals surface area contributed by atoms with E-state index in [1.165, 1.54) is 0 Å². The normalized spacial score (nSPS) is 24.0. The number of sulfonamides is 1. The van der Waals surface area contributed by atoms with Crippen LogP contribution in [0.25, 0.3) is 0 Å². The summed E-state index contributed by atoms with van der Waals surface area (Å²) in [6, 6.07) is 15.7. The Kier molecular flexibility index (Phi) is 5.80. The Labute approximate surface area is 156 Å². The zero-order valence-corrected chi connectivity index (χ0v) is 16.2. The van der Waals surface area contributed by atoms with Gasteiger partial charge >= 0.3 is 0 Å². The highest BCUT2D eigenvalue weighted by Gasteiger charge is 2.47. The average molecular weight is 374 g/mol. The first-order chi connectivity index (χ1) is 12.4. The summed E-state index contributed by atoms with van der Waals surface area (Å²) < 4.78 is 28.5. The highest BCUT2D eigenvalue weighted by atomic mass is 32.2. The molecular formula is C21H27NO3S. The largest absolute Gasteiger partial charge is 0.391 e. The van der Waals surface area contributed by atoms with Gasteiger partial charge in [-0.1, -0.05) is 67.8 Å². The lowest BCUT2D eigenvalue weighted by Gasteiger charge is -2.30. The molecule has 3 rings (SSSR count). The van der Waals surface area contributed by atoms with Crippen LogP contribution in [-0.2, 0) is 10.0 Å². The standard InChI is InChI=1S/C21H27NO3S/c1-3-4-10-18-15-20(23)21(17-8-6-5-7-9-17)22(18)26(24,25)19-13-11-16(2)12-14-19/h5-9,11-14,18,20-21,23H,3-4,10,15H2,1-2H3/t18-,20+,21+/m0/s1. The van der Waals surface area contributed by atoms with Crippen LogP contribution < -0.4 is 0 Å². The van der Waals surface area contributed by atoms with Gasteiger partial charge in [0.25, 0.3) is 0 Å². The predicted molar refractivity (Wildman–Crippen MR) is 103 cm³/mol. The molecule has 0 aromatic heterocycles. The molecule has 0 radical (unpaired) electrons. The van der Waals surface area contributed by atoms with Crippen molar-refractivity contribution >= 4 is 10.0 Å². The van der Waals surface area contributed by atoms with Crippen LogP contribution in [0.4, 0.5) is 0 Å². The second-order valence-corrected chi connectivity index (χ2v) is 8.95. The number of aliphatic hydroxyl groups is 1. The first-order valence-corrected chi connectivity index (χ1v) is 10.7. The zero-order valence-electron chi connectivity index (χ0n) is 15.4. The first kappa shape index (κ1) is 19.1. The number of aliphatic hydroxyl groups excluding tert-OH is 1. The molecule has 3 atom stereocenters. The van der Waals surface area contributed by atoms with E-state index in [0.29, 0.717) is 11.3 Å². The van der Waals surface area contributed by atoms with Crippen LogP contribution in [0.1, 0.15) is 49.8 Å². The van der Waals surface area contributed by atoms with Crippen LogP contribution in [-0.4, -0.2) is 30.0 Å². The lowest BCUT2D eigenvalue weighted by atomic mass is 10.0. The van der Waals surface area contributed by atoms with Crippen LogP contribution in [0.15, 0.2) is 59.5 Å². The molecule has 1 aliphatic heterocycles. The third-order valence-corrected chi connectivity index (χ3v) is 7.09. The summed E-state index contributed by atoms with van der Waals surface area (Å²) in [7, 11) is -3.69. The molecule has 1 saturated heterocycles. The second kappa shape index (κ2) is 7.91. The van der Waals surface area contributed by atoms with Gasteiger partial charge in [-0.15, -0.1) is 0 Å². The molecule has 0 bridgehead atoms. The van der Waals surface area contributed by atoms with Gasteiger partial charge in [0.05, 0.1) is 17.0 Å². The number of hydrogen-bond donors (Lipinski definition) is 1. The fraction of sp³-hybridized carbons (Fsp3) is 0.429. The quantitative estimate of drug-likeness (QED) is 0.831. The third kappa shape index (κ3) is 3.70. The molecule has 1 N–H and O–H groups in total. The van der Waals surface area contributed by atoms with Crippen molar-refractivity contribution in [2.24, 2.45) is 0 Å². The van der Waals surface area contributed by atoms with E-state index in [4.69, 9.17) is 0 Å². The molecule has 1 heterocycles. The minimum Gasteiger partial charge on any atom is -0.391 e. The maximum atomic E-state index is 13.5. The smallest absolute Gasteiger partial charge is 0.243 e. The molecule has 2 aromatic rings. The summed E-state index contributed by atoms with van der Waals surface area (Å²) in [4.78, 5) is 0.291. The number of hydrogen-bond acceptors (Lipinski definition) is 3. The van der Waals surface area contributed by atoms with E-state index in [1.807, 2.05) is 49.4 Å². The zero-order chi connectivity index (χ0) is 18.7. The molecule has 1 aliphatic rings. The highest BCUT2D eigenvalue weighted by Crippen LogP contribution is 2.42. The Morgan fingerprint density at radius 2 is 1.73 bits per heavy atom. The van der Waals surface area contributed by atoms with Crippen LogP contribution >= 0.6 is 0 Å². The van der Waals surface area contributed by atoms with Crippen LogP contribution in [0.2, 0.25) is 0 Å². The number of benzene rings is 2. The van der Waals surface area contributed by atoms with E-state index in [2.05, 4.69) is 6.92 Å². The maximum absolute atomic E-state index is 13.5. The van der Waals surface area contributed by atoms with Crippen molar-refractivity contribution in [2.75, 3.05) is 0 Å². The summed E-state index contributed by atoms with van der Waals surface area (Å²) in [5.41, 5.74) is 1.86. The van der Waals surface area contributed by atoms with E-state index in [-0.39, 0.29) is 6.04 Å². The van der Waals surface area contributed by atoms with Crippen molar-refractivity contribution in [1.29, 1.82) is 0 Å². The average Bonchev–Trinajstić information content (AvgIpc) is 2.98. The predicted octanol–water partition coefficient (Wildman–Crippen LogP) is 4.05. The maximum Gasteiger partial charge on any atom is 0.243 e. The van der Waals surface area contributed by atoms with Gasteiger partial charge in [0.15, 0.2) is 0 Å². The van der Waals surface area contributed by atoms with Gasteiger partial charge in [0, 0.05) is 6.04 Å². The molecule has 4 nitrogen and oxygen atoms in total. The van der Waals surface area contributed by atoms with Gasteiger partial charge in [-0.25, -0.2) is 8.42 Å². The monoisotopic (exact) mass is 373 g/mol. The Balaban J connectivity index is 2.05. The van der Waals surface area contributed by atoms with Crippen molar-refractivity contribution in [2.45, 2.75) is 62.6 Å². The van der Waals surface area contributed by atoms with Crippen molar-refractivity contribution in [3.05, 3.63) is 65.7 Å². The summed E-state index contributed by atoms with van der Waals surface area (Å²) >= 11 is 0. The molecule has 0 amide bonds. The van der Waals surface area contributed by atoms with Gasteiger partial charge in [-0.3, -0.25) is 0 Å². The topological polar surface area (TPSA) is 57.6 Å². The molecule has 0 spiro atoms. The summed E-state index contributed by atoms with van der Waals surface area (Å²) in [6.07, 6.45) is 2.49. The van der Waals surface area contributed by atoms with E-state index in [0.717, 1.165) is 30.4 Å². The van der Waals surface area contributed by atoms with Gasteiger partial charge in [-0.2, -0.15) is 4.31 Å². The number of aryl methyl sites for hydroxylation is 1. The summed E-state index contributed by atoms with van der Waals surface area (Å²) in [5, 5.41) is 10.7. The van der Waals surface area contributed by atoms with Gasteiger partial charge in [0.1, 0.15) is 0 Å². The Morgan fingerprint density at radius 3 is 2.35 bits per heavy atom. The van der Waals surface area contributed by atoms with Gasteiger partial charge in [0.2, 0.25) is 10.0 Å². The van der Waals surface area contributed by atoms with Crippen molar-refractivity contribution in [3.8, 4) is 0 Å². The Morgan fingerprint density at radius 1 is 1.08 bits per heavy atom. The number of nitrogens with zero attached hydrogens (tertiary/aromatic N) is 1. The van der Waals surface area contributed by atoms with Crippen LogP contribution in [0, 0.1) is 6.92 Å².